The van der Waals surface area contributed by atoms with Gasteiger partial charge in [-0.15, -0.1) is 0 Å². The summed E-state index contributed by atoms with van der Waals surface area (Å²) in [4.78, 5) is 12.5. The Morgan fingerprint density at radius 2 is 2.03 bits per heavy atom. The molecule has 0 aliphatic heterocycles. The quantitative estimate of drug-likeness (QED) is 0.450. The summed E-state index contributed by atoms with van der Waals surface area (Å²) in [6.45, 7) is 1.61. The Hall–Kier alpha value is -2.45. The molecule has 8 rings (SSSR count). The van der Waals surface area contributed by atoms with E-state index in [9.17, 15) is 5.11 Å². The van der Waals surface area contributed by atoms with Crippen LogP contribution in [-0.2, 0) is 6.54 Å². The second kappa shape index (κ2) is 7.02. The van der Waals surface area contributed by atoms with Crippen molar-refractivity contribution in [1.29, 1.82) is 0 Å². The maximum atomic E-state index is 11.0. The molecule has 3 aromatic heterocycles. The lowest BCUT2D eigenvalue weighted by Crippen LogP contribution is -2.59. The molecule has 3 heterocycles. The molecule has 8 nitrogen and oxygen atoms in total. The normalized spacial score (nSPS) is 33.3. The first-order chi connectivity index (χ1) is 15.6. The van der Waals surface area contributed by atoms with Crippen molar-refractivity contribution in [3.05, 3.63) is 24.4 Å². The molecule has 5 fully saturated rings. The number of fused-ring (bicyclic) bond motifs is 1. The summed E-state index contributed by atoms with van der Waals surface area (Å²) in [5.74, 6) is 3.70. The number of nitrogens with one attached hydrogen (secondary N) is 3. The first-order valence-corrected chi connectivity index (χ1v) is 12.1. The van der Waals surface area contributed by atoms with Crippen molar-refractivity contribution in [1.82, 2.24) is 25.4 Å². The van der Waals surface area contributed by atoms with Crippen LogP contribution in [0.25, 0.3) is 22.4 Å². The number of pyridine rings is 1. The van der Waals surface area contributed by atoms with Gasteiger partial charge in [-0.3, -0.25) is 0 Å². The molecule has 3 aromatic rings. The molecule has 5 saturated carbocycles. The standard InChI is InChI=1S/C24H30N6O2/c31-24-7-14-5-15(8-24)20(16(6-14)9-24)29-21-17-3-4-26-22(17)27-11-18(21)23-28-19(32-30-23)12-25-10-13-1-2-13/h3-4,11,13-16,20,25,31H,1-2,5-10,12H2,(H2,26,27,29)/t14?,15?,16?,20-,24+. The lowest BCUT2D eigenvalue weighted by molar-refractivity contribution is -0.129. The molecular formula is C24H30N6O2. The molecule has 5 aliphatic carbocycles. The number of nitrogens with zero attached hydrogens (tertiary/aromatic N) is 3. The summed E-state index contributed by atoms with van der Waals surface area (Å²) in [5, 5.41) is 23.6. The van der Waals surface area contributed by atoms with Crippen molar-refractivity contribution in [2.45, 2.75) is 63.1 Å². The smallest absolute Gasteiger partial charge is 0.240 e. The maximum absolute atomic E-state index is 11.0. The van der Waals surface area contributed by atoms with Gasteiger partial charge in [0.25, 0.3) is 0 Å². The molecule has 0 spiro atoms. The minimum atomic E-state index is -0.435. The van der Waals surface area contributed by atoms with Gasteiger partial charge in [0.2, 0.25) is 11.7 Å². The van der Waals surface area contributed by atoms with Crippen LogP contribution in [0.4, 0.5) is 5.69 Å². The number of H-pyrrole nitrogens is 1. The highest BCUT2D eigenvalue weighted by Crippen LogP contribution is 2.56. The zero-order valence-corrected chi connectivity index (χ0v) is 18.2. The van der Waals surface area contributed by atoms with Crippen LogP contribution in [0.1, 0.15) is 50.8 Å². The fraction of sp³-hybridized carbons (Fsp3) is 0.625. The number of aromatic nitrogens is 4. The lowest BCUT2D eigenvalue weighted by atomic mass is 9.52. The van der Waals surface area contributed by atoms with Crippen LogP contribution in [0, 0.1) is 23.7 Å². The molecule has 4 bridgehead atoms. The Morgan fingerprint density at radius 3 is 2.81 bits per heavy atom. The zero-order valence-electron chi connectivity index (χ0n) is 18.2. The van der Waals surface area contributed by atoms with Crippen LogP contribution in [0.5, 0.6) is 0 Å². The van der Waals surface area contributed by atoms with Gasteiger partial charge in [-0.2, -0.15) is 4.98 Å². The van der Waals surface area contributed by atoms with E-state index in [4.69, 9.17) is 4.52 Å². The molecule has 5 aliphatic rings. The predicted octanol–water partition coefficient (Wildman–Crippen LogP) is 3.46. The van der Waals surface area contributed by atoms with Crippen LogP contribution in [0.15, 0.2) is 23.0 Å². The minimum absolute atomic E-state index is 0.359. The Kier molecular flexibility index (Phi) is 4.18. The van der Waals surface area contributed by atoms with E-state index in [1.165, 1.54) is 25.7 Å². The van der Waals surface area contributed by atoms with Crippen LogP contribution in [-0.4, -0.2) is 43.4 Å². The van der Waals surface area contributed by atoms with Gasteiger partial charge in [-0.25, -0.2) is 4.98 Å². The molecule has 0 saturated heterocycles. The summed E-state index contributed by atoms with van der Waals surface area (Å²) in [7, 11) is 0. The molecule has 0 amide bonds. The van der Waals surface area contributed by atoms with E-state index in [0.717, 1.165) is 54.0 Å². The second-order valence-electron chi connectivity index (χ2n) is 10.7. The molecule has 0 radical (unpaired) electrons. The van der Waals surface area contributed by atoms with Gasteiger partial charge in [0.15, 0.2) is 0 Å². The van der Waals surface area contributed by atoms with Crippen molar-refractivity contribution in [3.63, 3.8) is 0 Å². The first kappa shape index (κ1) is 19.1. The first-order valence-electron chi connectivity index (χ1n) is 12.1. The van der Waals surface area contributed by atoms with E-state index in [1.807, 2.05) is 12.4 Å². The van der Waals surface area contributed by atoms with Gasteiger partial charge in [-0.05, 0) is 81.2 Å². The Bertz CT molecular complexity index is 1130. The van der Waals surface area contributed by atoms with E-state index in [2.05, 4.69) is 36.8 Å². The molecule has 0 aromatic carbocycles. The topological polar surface area (TPSA) is 112 Å². The number of aliphatic hydroxyl groups is 1. The van der Waals surface area contributed by atoms with Crippen molar-refractivity contribution in [2.75, 3.05) is 11.9 Å². The number of anilines is 1. The van der Waals surface area contributed by atoms with E-state index in [0.29, 0.717) is 42.1 Å². The van der Waals surface area contributed by atoms with Crippen LogP contribution in [0.2, 0.25) is 0 Å². The highest BCUT2D eigenvalue weighted by molar-refractivity contribution is 5.97. The van der Waals surface area contributed by atoms with Gasteiger partial charge in [0.1, 0.15) is 5.65 Å². The Balaban J connectivity index is 1.19. The summed E-state index contributed by atoms with van der Waals surface area (Å²) in [6.07, 6.45) is 11.7. The largest absolute Gasteiger partial charge is 0.390 e. The average Bonchev–Trinajstić information content (AvgIpc) is 3.25. The van der Waals surface area contributed by atoms with E-state index in [1.54, 1.807) is 0 Å². The summed E-state index contributed by atoms with van der Waals surface area (Å²) < 4.78 is 5.55. The van der Waals surface area contributed by atoms with Gasteiger partial charge in [-0.1, -0.05) is 5.16 Å². The number of aromatic amines is 1. The van der Waals surface area contributed by atoms with E-state index < -0.39 is 5.60 Å². The van der Waals surface area contributed by atoms with Gasteiger partial charge < -0.3 is 25.2 Å². The van der Waals surface area contributed by atoms with Gasteiger partial charge in [0.05, 0.1) is 23.4 Å². The highest BCUT2D eigenvalue weighted by Gasteiger charge is 2.54. The molecule has 2 unspecified atom stereocenters. The third-order valence-corrected chi connectivity index (χ3v) is 8.25. The molecule has 2 atom stereocenters. The van der Waals surface area contributed by atoms with E-state index >= 15 is 0 Å². The average molecular weight is 435 g/mol. The van der Waals surface area contributed by atoms with E-state index in [-0.39, 0.29) is 0 Å². The third kappa shape index (κ3) is 3.23. The van der Waals surface area contributed by atoms with Crippen molar-refractivity contribution < 1.29 is 9.63 Å². The number of rotatable bonds is 7. The van der Waals surface area contributed by atoms with Crippen LogP contribution in [0.3, 0.4) is 0 Å². The summed E-state index contributed by atoms with van der Waals surface area (Å²) in [6, 6.07) is 2.42. The Morgan fingerprint density at radius 1 is 1.19 bits per heavy atom. The van der Waals surface area contributed by atoms with Crippen molar-refractivity contribution >= 4 is 16.7 Å². The van der Waals surface area contributed by atoms with Gasteiger partial charge in [0, 0.05) is 23.8 Å². The SMILES string of the molecule is O[C@]12CC3CC(C1)[C@H](Nc1c(-c4noc(CNCC5CC5)n4)cnc4[nH]ccc14)C(C3)C2. The van der Waals surface area contributed by atoms with Crippen molar-refractivity contribution in [2.24, 2.45) is 23.7 Å². The zero-order chi connectivity index (χ0) is 21.3. The molecule has 168 valence electrons. The lowest BCUT2D eigenvalue weighted by Gasteiger charge is -2.58. The molecule has 32 heavy (non-hydrogen) atoms. The predicted molar refractivity (Wildman–Crippen MR) is 120 cm³/mol. The van der Waals surface area contributed by atoms with Crippen LogP contribution < -0.4 is 10.6 Å². The Labute approximate surface area is 186 Å². The number of hydrogen-bond acceptors (Lipinski definition) is 7. The van der Waals surface area contributed by atoms with Crippen molar-refractivity contribution in [3.8, 4) is 11.4 Å². The maximum Gasteiger partial charge on any atom is 0.240 e. The molecule has 4 N–H and O–H groups in total. The summed E-state index contributed by atoms with van der Waals surface area (Å²) >= 11 is 0. The second-order valence-corrected chi connectivity index (χ2v) is 10.7. The molecular weight excluding hydrogens is 404 g/mol. The number of hydrogen-bond donors (Lipinski definition) is 4. The molecule has 8 heteroatoms. The third-order valence-electron chi connectivity index (χ3n) is 8.25. The fourth-order valence-corrected chi connectivity index (χ4v) is 6.86. The van der Waals surface area contributed by atoms with Crippen LogP contribution >= 0.6 is 0 Å². The van der Waals surface area contributed by atoms with Gasteiger partial charge >= 0.3 is 0 Å². The minimum Gasteiger partial charge on any atom is -0.390 e. The highest BCUT2D eigenvalue weighted by atomic mass is 16.5. The fourth-order valence-electron chi connectivity index (χ4n) is 6.86. The monoisotopic (exact) mass is 434 g/mol. The summed E-state index contributed by atoms with van der Waals surface area (Å²) in [5.41, 5.74) is 2.32.